The summed E-state index contributed by atoms with van der Waals surface area (Å²) in [5.41, 5.74) is 0.246. The number of hydrogen-bond donors (Lipinski definition) is 1. The van der Waals surface area contributed by atoms with Crippen molar-refractivity contribution in [1.82, 2.24) is 10.5 Å². The van der Waals surface area contributed by atoms with Gasteiger partial charge >= 0.3 is 0 Å². The van der Waals surface area contributed by atoms with E-state index < -0.39 is 0 Å². The second-order valence-corrected chi connectivity index (χ2v) is 5.76. The minimum Gasteiger partial charge on any atom is -0.493 e. The Bertz CT molecular complexity index is 799. The molecule has 0 aliphatic carbocycles. The van der Waals surface area contributed by atoms with Crippen LogP contribution in [0.15, 0.2) is 52.4 Å². The molecular formula is C17H16N2O4S. The zero-order valence-electron chi connectivity index (χ0n) is 13.0. The van der Waals surface area contributed by atoms with E-state index in [1.165, 1.54) is 11.3 Å². The van der Waals surface area contributed by atoms with Gasteiger partial charge in [0.25, 0.3) is 5.91 Å². The number of nitrogens with one attached hydrogen (secondary N) is 1. The fraction of sp³-hybridized carbons (Fsp3) is 0.176. The van der Waals surface area contributed by atoms with Crippen molar-refractivity contribution in [2.24, 2.45) is 0 Å². The number of ether oxygens (including phenoxy) is 2. The van der Waals surface area contributed by atoms with Crippen molar-refractivity contribution in [3.05, 3.63) is 53.5 Å². The van der Waals surface area contributed by atoms with Crippen LogP contribution in [-0.2, 0) is 0 Å². The van der Waals surface area contributed by atoms with E-state index in [1.54, 1.807) is 13.2 Å². The van der Waals surface area contributed by atoms with Gasteiger partial charge in [0.1, 0.15) is 6.61 Å². The standard InChI is InChI=1S/C17H16N2O4S/c1-21-13-5-2-3-6-14(13)22-9-8-18-17(20)12-11-15(23-19-12)16-7-4-10-24-16/h2-7,10-11H,8-9H2,1H3,(H,18,20). The van der Waals surface area contributed by atoms with Gasteiger partial charge in [-0.3, -0.25) is 4.79 Å². The number of carbonyl (C=O) groups excluding carboxylic acids is 1. The molecule has 7 heteroatoms. The Morgan fingerprint density at radius 2 is 2.08 bits per heavy atom. The molecule has 2 heterocycles. The van der Waals surface area contributed by atoms with E-state index in [-0.39, 0.29) is 11.6 Å². The van der Waals surface area contributed by atoms with Crippen LogP contribution in [0.4, 0.5) is 0 Å². The van der Waals surface area contributed by atoms with Gasteiger partial charge in [0.2, 0.25) is 0 Å². The Labute approximate surface area is 143 Å². The summed E-state index contributed by atoms with van der Waals surface area (Å²) in [5, 5.41) is 8.47. The highest BCUT2D eigenvalue weighted by Crippen LogP contribution is 2.26. The largest absolute Gasteiger partial charge is 0.493 e. The van der Waals surface area contributed by atoms with Crippen molar-refractivity contribution in [1.29, 1.82) is 0 Å². The summed E-state index contributed by atoms with van der Waals surface area (Å²) < 4.78 is 16.0. The molecule has 0 fully saturated rings. The van der Waals surface area contributed by atoms with Crippen LogP contribution in [0.2, 0.25) is 0 Å². The molecule has 0 aliphatic rings. The number of hydrogen-bond acceptors (Lipinski definition) is 6. The summed E-state index contributed by atoms with van der Waals surface area (Å²) in [4.78, 5) is 13.0. The maximum absolute atomic E-state index is 12.1. The Kier molecular flexibility index (Phi) is 5.12. The lowest BCUT2D eigenvalue weighted by Crippen LogP contribution is -2.28. The van der Waals surface area contributed by atoms with Crippen LogP contribution < -0.4 is 14.8 Å². The van der Waals surface area contributed by atoms with Gasteiger partial charge in [-0.1, -0.05) is 23.4 Å². The first kappa shape index (κ1) is 16.1. The molecule has 1 N–H and O–H groups in total. The van der Waals surface area contributed by atoms with E-state index in [1.807, 2.05) is 41.8 Å². The number of benzene rings is 1. The number of carbonyl (C=O) groups is 1. The summed E-state index contributed by atoms with van der Waals surface area (Å²) >= 11 is 1.53. The van der Waals surface area contributed by atoms with Gasteiger partial charge in [0.05, 0.1) is 18.5 Å². The van der Waals surface area contributed by atoms with Gasteiger partial charge in [0, 0.05) is 6.07 Å². The average Bonchev–Trinajstić information content (AvgIpc) is 3.29. The monoisotopic (exact) mass is 344 g/mol. The first-order chi connectivity index (χ1) is 11.8. The minimum absolute atomic E-state index is 0.246. The normalized spacial score (nSPS) is 10.4. The Morgan fingerprint density at radius 3 is 2.83 bits per heavy atom. The number of thiophene rings is 1. The second kappa shape index (κ2) is 7.65. The smallest absolute Gasteiger partial charge is 0.273 e. The lowest BCUT2D eigenvalue weighted by molar-refractivity contribution is 0.0938. The van der Waals surface area contributed by atoms with Gasteiger partial charge in [-0.2, -0.15) is 0 Å². The van der Waals surface area contributed by atoms with Gasteiger partial charge in [-0.05, 0) is 23.6 Å². The maximum atomic E-state index is 12.1. The Hall–Kier alpha value is -2.80. The zero-order chi connectivity index (χ0) is 16.8. The first-order valence-electron chi connectivity index (χ1n) is 7.32. The van der Waals surface area contributed by atoms with E-state index in [4.69, 9.17) is 14.0 Å². The quantitative estimate of drug-likeness (QED) is 0.666. The molecule has 0 aliphatic heterocycles. The fourth-order valence-corrected chi connectivity index (χ4v) is 2.74. The van der Waals surface area contributed by atoms with Crippen molar-refractivity contribution < 1.29 is 18.8 Å². The summed E-state index contributed by atoms with van der Waals surface area (Å²) in [6.07, 6.45) is 0. The first-order valence-corrected chi connectivity index (χ1v) is 8.20. The van der Waals surface area contributed by atoms with E-state index >= 15 is 0 Å². The predicted octanol–water partition coefficient (Wildman–Crippen LogP) is 3.22. The lowest BCUT2D eigenvalue weighted by atomic mass is 10.3. The van der Waals surface area contributed by atoms with E-state index in [0.29, 0.717) is 30.4 Å². The minimum atomic E-state index is -0.301. The van der Waals surface area contributed by atoms with Crippen LogP contribution >= 0.6 is 11.3 Å². The van der Waals surface area contributed by atoms with Crippen LogP contribution in [0.1, 0.15) is 10.5 Å². The van der Waals surface area contributed by atoms with Gasteiger partial charge < -0.3 is 19.3 Å². The number of amides is 1. The van der Waals surface area contributed by atoms with Crippen LogP contribution in [0.5, 0.6) is 11.5 Å². The number of aromatic nitrogens is 1. The van der Waals surface area contributed by atoms with Crippen LogP contribution in [0, 0.1) is 0 Å². The van der Waals surface area contributed by atoms with E-state index in [0.717, 1.165) is 4.88 Å². The molecule has 0 saturated carbocycles. The van der Waals surface area contributed by atoms with Gasteiger partial charge in [-0.25, -0.2) is 0 Å². The molecule has 3 aromatic rings. The van der Waals surface area contributed by atoms with Crippen molar-refractivity contribution in [2.45, 2.75) is 0 Å². The zero-order valence-corrected chi connectivity index (χ0v) is 13.8. The van der Waals surface area contributed by atoms with Crippen LogP contribution in [-0.4, -0.2) is 31.3 Å². The molecule has 0 atom stereocenters. The molecule has 1 amide bonds. The summed E-state index contributed by atoms with van der Waals surface area (Å²) in [6.45, 7) is 0.666. The maximum Gasteiger partial charge on any atom is 0.273 e. The summed E-state index contributed by atoms with van der Waals surface area (Å²) in [6, 6.07) is 12.8. The van der Waals surface area contributed by atoms with Crippen molar-refractivity contribution >= 4 is 17.2 Å². The number of rotatable bonds is 7. The molecule has 0 unspecified atom stereocenters. The second-order valence-electron chi connectivity index (χ2n) is 4.81. The molecule has 0 radical (unpaired) electrons. The fourth-order valence-electron chi connectivity index (χ4n) is 2.07. The third kappa shape index (κ3) is 3.75. The highest BCUT2D eigenvalue weighted by atomic mass is 32.1. The van der Waals surface area contributed by atoms with E-state index in [2.05, 4.69) is 10.5 Å². The highest BCUT2D eigenvalue weighted by Gasteiger charge is 2.13. The third-order valence-corrected chi connectivity index (χ3v) is 4.11. The predicted molar refractivity (Wildman–Crippen MR) is 90.6 cm³/mol. The topological polar surface area (TPSA) is 73.6 Å². The molecule has 3 rings (SSSR count). The number of nitrogens with zero attached hydrogens (tertiary/aromatic N) is 1. The molecule has 24 heavy (non-hydrogen) atoms. The summed E-state index contributed by atoms with van der Waals surface area (Å²) in [7, 11) is 1.58. The molecule has 0 saturated heterocycles. The lowest BCUT2D eigenvalue weighted by Gasteiger charge is -2.10. The number of methoxy groups -OCH3 is 1. The molecule has 124 valence electrons. The van der Waals surface area contributed by atoms with E-state index in [9.17, 15) is 4.79 Å². The van der Waals surface area contributed by atoms with Gasteiger partial charge in [0.15, 0.2) is 23.0 Å². The molecule has 6 nitrogen and oxygen atoms in total. The summed E-state index contributed by atoms with van der Waals surface area (Å²) in [5.74, 6) is 1.57. The molecule has 1 aromatic carbocycles. The molecule has 0 spiro atoms. The SMILES string of the molecule is COc1ccccc1OCCNC(=O)c1cc(-c2cccs2)on1. The third-order valence-electron chi connectivity index (χ3n) is 3.22. The van der Waals surface area contributed by atoms with Crippen molar-refractivity contribution in [2.75, 3.05) is 20.3 Å². The number of para-hydroxylation sites is 2. The van der Waals surface area contributed by atoms with Gasteiger partial charge in [-0.15, -0.1) is 11.3 Å². The Morgan fingerprint density at radius 1 is 1.25 bits per heavy atom. The van der Waals surface area contributed by atoms with Crippen molar-refractivity contribution in [3.63, 3.8) is 0 Å². The molecular weight excluding hydrogens is 328 g/mol. The molecule has 0 bridgehead atoms. The van der Waals surface area contributed by atoms with Crippen LogP contribution in [0.3, 0.4) is 0 Å². The Balaban J connectivity index is 1.49. The molecule has 2 aromatic heterocycles. The van der Waals surface area contributed by atoms with Crippen LogP contribution in [0.25, 0.3) is 10.6 Å². The van der Waals surface area contributed by atoms with Crippen molar-refractivity contribution in [3.8, 4) is 22.1 Å². The average molecular weight is 344 g/mol. The highest BCUT2D eigenvalue weighted by molar-refractivity contribution is 7.13.